The standard InChI is InChI=1S/C24H19F3N4O.ClH/c25-24(26,27)22-14-21(16-4-5-16)31(30-22)19-8-6-18(7-9-19)29-23(32)13-15-3-10-20-17(12-15)2-1-11-28-20;/h1-3,6-12,14,16H,4-5,13H2,(H,29,32);1H. The van der Waals surface area contributed by atoms with Crippen molar-refractivity contribution in [1.82, 2.24) is 14.8 Å². The molecule has 0 saturated heterocycles. The van der Waals surface area contributed by atoms with Gasteiger partial charge in [0, 0.05) is 28.9 Å². The molecule has 0 atom stereocenters. The Morgan fingerprint density at radius 3 is 2.52 bits per heavy atom. The van der Waals surface area contributed by atoms with Gasteiger partial charge in [-0.1, -0.05) is 12.1 Å². The van der Waals surface area contributed by atoms with Gasteiger partial charge in [-0.25, -0.2) is 4.68 Å². The molecule has 5 nitrogen and oxygen atoms in total. The van der Waals surface area contributed by atoms with Crippen molar-refractivity contribution in [1.29, 1.82) is 0 Å². The lowest BCUT2D eigenvalue weighted by Gasteiger charge is -2.09. The van der Waals surface area contributed by atoms with Crippen molar-refractivity contribution < 1.29 is 18.0 Å². The fourth-order valence-electron chi connectivity index (χ4n) is 3.72. The normalized spacial score (nSPS) is 13.5. The van der Waals surface area contributed by atoms with Crippen molar-refractivity contribution in [2.75, 3.05) is 5.32 Å². The number of hydrogen-bond donors (Lipinski definition) is 1. The molecule has 170 valence electrons. The average molecular weight is 473 g/mol. The monoisotopic (exact) mass is 472 g/mol. The molecule has 9 heteroatoms. The van der Waals surface area contributed by atoms with Crippen LogP contribution in [0.3, 0.4) is 0 Å². The number of aromatic nitrogens is 3. The third kappa shape index (κ3) is 5.01. The number of benzene rings is 2. The Balaban J connectivity index is 0.00000259. The summed E-state index contributed by atoms with van der Waals surface area (Å²) < 4.78 is 40.7. The smallest absolute Gasteiger partial charge is 0.326 e. The van der Waals surface area contributed by atoms with E-state index in [9.17, 15) is 18.0 Å². The number of hydrogen-bond acceptors (Lipinski definition) is 3. The number of pyridine rings is 1. The molecule has 0 aliphatic heterocycles. The first-order valence-electron chi connectivity index (χ1n) is 10.3. The minimum absolute atomic E-state index is 0. The number of rotatable bonds is 5. The highest BCUT2D eigenvalue weighted by Crippen LogP contribution is 2.43. The molecule has 5 rings (SSSR count). The Morgan fingerprint density at radius 1 is 1.06 bits per heavy atom. The van der Waals surface area contributed by atoms with Crippen LogP contribution in [0.1, 0.15) is 35.7 Å². The molecule has 2 heterocycles. The van der Waals surface area contributed by atoms with Crippen molar-refractivity contribution >= 4 is 34.9 Å². The molecule has 0 bridgehead atoms. The summed E-state index contributed by atoms with van der Waals surface area (Å²) in [5.74, 6) is -0.0757. The van der Waals surface area contributed by atoms with E-state index in [4.69, 9.17) is 0 Å². The first-order chi connectivity index (χ1) is 15.4. The largest absolute Gasteiger partial charge is 0.435 e. The molecule has 2 aromatic carbocycles. The Morgan fingerprint density at radius 2 is 1.82 bits per heavy atom. The quantitative estimate of drug-likeness (QED) is 0.392. The second kappa shape index (κ2) is 8.86. The molecule has 0 radical (unpaired) electrons. The summed E-state index contributed by atoms with van der Waals surface area (Å²) in [6, 6.07) is 17.3. The molecular formula is C24H20ClF3N4O. The van der Waals surface area contributed by atoms with Crippen LogP contribution in [-0.2, 0) is 17.4 Å². The van der Waals surface area contributed by atoms with Crippen LogP contribution in [0.25, 0.3) is 16.6 Å². The van der Waals surface area contributed by atoms with Gasteiger partial charge in [-0.3, -0.25) is 9.78 Å². The van der Waals surface area contributed by atoms with E-state index in [1.54, 1.807) is 30.5 Å². The molecule has 0 spiro atoms. The van der Waals surface area contributed by atoms with E-state index in [2.05, 4.69) is 15.4 Å². The van der Waals surface area contributed by atoms with Crippen molar-refractivity contribution in [3.63, 3.8) is 0 Å². The number of nitrogens with one attached hydrogen (secondary N) is 1. The summed E-state index contributed by atoms with van der Waals surface area (Å²) in [6.45, 7) is 0. The first-order valence-corrected chi connectivity index (χ1v) is 10.3. The lowest BCUT2D eigenvalue weighted by Crippen LogP contribution is -2.14. The van der Waals surface area contributed by atoms with Gasteiger partial charge in [0.25, 0.3) is 0 Å². The average Bonchev–Trinajstić information content (AvgIpc) is 3.51. The van der Waals surface area contributed by atoms with Gasteiger partial charge in [0.15, 0.2) is 5.69 Å². The molecule has 4 aromatic rings. The Labute approximate surface area is 194 Å². The summed E-state index contributed by atoms with van der Waals surface area (Å²) >= 11 is 0. The number of alkyl halides is 3. The van der Waals surface area contributed by atoms with Gasteiger partial charge in [-0.05, 0) is 66.9 Å². The number of anilines is 1. The number of nitrogens with zero attached hydrogens (tertiary/aromatic N) is 3. The second-order valence-corrected chi connectivity index (χ2v) is 7.94. The molecule has 33 heavy (non-hydrogen) atoms. The minimum Gasteiger partial charge on any atom is -0.326 e. The van der Waals surface area contributed by atoms with Crippen LogP contribution in [0.2, 0.25) is 0 Å². The molecule has 1 amide bonds. The fraction of sp³-hybridized carbons (Fsp3) is 0.208. The van der Waals surface area contributed by atoms with Crippen molar-refractivity contribution in [2.45, 2.75) is 31.4 Å². The van der Waals surface area contributed by atoms with Gasteiger partial charge < -0.3 is 5.32 Å². The summed E-state index contributed by atoms with van der Waals surface area (Å²) in [4.78, 5) is 16.7. The van der Waals surface area contributed by atoms with Crippen molar-refractivity contribution in [3.8, 4) is 5.69 Å². The van der Waals surface area contributed by atoms with E-state index in [0.717, 1.165) is 35.4 Å². The molecule has 1 aliphatic rings. The summed E-state index contributed by atoms with van der Waals surface area (Å²) in [5.41, 5.74) is 2.51. The van der Waals surface area contributed by atoms with Gasteiger partial charge in [0.2, 0.25) is 5.91 Å². The lowest BCUT2D eigenvalue weighted by atomic mass is 10.1. The van der Waals surface area contributed by atoms with E-state index in [1.165, 1.54) is 4.68 Å². The van der Waals surface area contributed by atoms with Crippen LogP contribution >= 0.6 is 12.4 Å². The second-order valence-electron chi connectivity index (χ2n) is 7.94. The molecule has 1 aliphatic carbocycles. The zero-order valence-electron chi connectivity index (χ0n) is 17.3. The van der Waals surface area contributed by atoms with Gasteiger partial charge in [0.05, 0.1) is 17.6 Å². The highest BCUT2D eigenvalue weighted by molar-refractivity contribution is 5.93. The zero-order valence-corrected chi connectivity index (χ0v) is 18.2. The maximum Gasteiger partial charge on any atom is 0.435 e. The maximum atomic E-state index is 13.1. The summed E-state index contributed by atoms with van der Waals surface area (Å²) in [6.07, 6.45) is -0.836. The SMILES string of the molecule is Cl.O=C(Cc1ccc2ncccc2c1)Nc1ccc(-n2nc(C(F)(F)F)cc2C2CC2)cc1. The minimum atomic E-state index is -4.48. The van der Waals surface area contributed by atoms with Crippen molar-refractivity contribution in [3.05, 3.63) is 83.8 Å². The lowest BCUT2D eigenvalue weighted by molar-refractivity contribution is -0.141. The van der Waals surface area contributed by atoms with Crippen molar-refractivity contribution in [2.24, 2.45) is 0 Å². The first kappa shape index (κ1) is 22.8. The highest BCUT2D eigenvalue weighted by Gasteiger charge is 2.38. The molecular weight excluding hydrogens is 453 g/mol. The maximum absolute atomic E-state index is 13.1. The van der Waals surface area contributed by atoms with E-state index in [0.29, 0.717) is 17.1 Å². The van der Waals surface area contributed by atoms with E-state index in [1.807, 2.05) is 30.3 Å². The van der Waals surface area contributed by atoms with Gasteiger partial charge >= 0.3 is 6.18 Å². The summed E-state index contributed by atoms with van der Waals surface area (Å²) in [5, 5.41) is 7.58. The number of halogens is 4. The topological polar surface area (TPSA) is 59.8 Å². The van der Waals surface area contributed by atoms with Gasteiger partial charge in [-0.15, -0.1) is 12.4 Å². The molecule has 1 saturated carbocycles. The number of carbonyl (C=O) groups is 1. The van der Waals surface area contributed by atoms with E-state index >= 15 is 0 Å². The number of fused-ring (bicyclic) bond motifs is 1. The zero-order chi connectivity index (χ0) is 22.3. The Bertz CT molecular complexity index is 1300. The summed E-state index contributed by atoms with van der Waals surface area (Å²) in [7, 11) is 0. The molecule has 0 unspecified atom stereocenters. The Kier molecular flexibility index (Phi) is 6.12. The third-order valence-electron chi connectivity index (χ3n) is 5.45. The predicted octanol–water partition coefficient (Wildman–Crippen LogP) is 5.92. The van der Waals surface area contributed by atoms with Crippen LogP contribution in [0.4, 0.5) is 18.9 Å². The van der Waals surface area contributed by atoms with Crippen LogP contribution in [0, 0.1) is 0 Å². The molecule has 1 fully saturated rings. The molecule has 1 N–H and O–H groups in total. The van der Waals surface area contributed by atoms with Gasteiger partial charge in [-0.2, -0.15) is 18.3 Å². The Hall–Kier alpha value is -3.39. The van der Waals surface area contributed by atoms with Crippen LogP contribution in [0.15, 0.2) is 66.9 Å². The fourth-order valence-corrected chi connectivity index (χ4v) is 3.72. The predicted molar refractivity (Wildman–Crippen MR) is 122 cm³/mol. The van der Waals surface area contributed by atoms with Crippen LogP contribution in [0.5, 0.6) is 0 Å². The van der Waals surface area contributed by atoms with Crippen LogP contribution in [-0.4, -0.2) is 20.7 Å². The van der Waals surface area contributed by atoms with E-state index in [-0.39, 0.29) is 30.7 Å². The highest BCUT2D eigenvalue weighted by atomic mass is 35.5. The third-order valence-corrected chi connectivity index (χ3v) is 5.45. The molecule has 2 aromatic heterocycles. The number of carbonyl (C=O) groups excluding carboxylic acids is 1. The van der Waals surface area contributed by atoms with Gasteiger partial charge in [0.1, 0.15) is 0 Å². The van der Waals surface area contributed by atoms with Crippen LogP contribution < -0.4 is 5.32 Å². The number of amides is 1. The van der Waals surface area contributed by atoms with E-state index < -0.39 is 11.9 Å².